The number of rotatable bonds is 8. The monoisotopic (exact) mass is 245 g/mol. The Morgan fingerprint density at radius 3 is 2.18 bits per heavy atom. The Morgan fingerprint density at radius 1 is 1.06 bits per heavy atom. The molecule has 0 saturated carbocycles. The highest BCUT2D eigenvalue weighted by molar-refractivity contribution is 4.66. The van der Waals surface area contributed by atoms with Gasteiger partial charge in [0.25, 0.3) is 0 Å². The highest BCUT2D eigenvalue weighted by atomic mass is 16.7. The Kier molecular flexibility index (Phi) is 7.72. The summed E-state index contributed by atoms with van der Waals surface area (Å²) in [5.74, 6) is 0. The zero-order valence-corrected chi connectivity index (χ0v) is 11.4. The standard InChI is InChI=1S/C12H27N3O2/c1-4-16-12(17-5-2)6-7-13-15-10-8-14(3)9-11-15/h12-13H,4-11H2,1-3H3. The summed E-state index contributed by atoms with van der Waals surface area (Å²) in [5, 5.41) is 2.29. The number of piperazine rings is 1. The van der Waals surface area contributed by atoms with Gasteiger partial charge in [0.15, 0.2) is 6.29 Å². The number of likely N-dealkylation sites (N-methyl/N-ethyl adjacent to an activating group) is 1. The molecule has 0 unspecified atom stereocenters. The summed E-state index contributed by atoms with van der Waals surface area (Å²) in [6.07, 6.45) is 0.832. The normalized spacial score (nSPS) is 19.1. The molecule has 1 N–H and O–H groups in total. The molecule has 1 heterocycles. The van der Waals surface area contributed by atoms with Crippen molar-refractivity contribution >= 4 is 0 Å². The fourth-order valence-electron chi connectivity index (χ4n) is 1.89. The van der Waals surface area contributed by atoms with Crippen LogP contribution in [0.2, 0.25) is 0 Å². The minimum Gasteiger partial charge on any atom is -0.353 e. The molecule has 102 valence electrons. The number of nitrogens with one attached hydrogen (secondary N) is 1. The molecule has 0 aromatic heterocycles. The summed E-state index contributed by atoms with van der Waals surface area (Å²) in [4.78, 5) is 2.35. The van der Waals surface area contributed by atoms with E-state index >= 15 is 0 Å². The molecule has 1 rings (SSSR count). The first kappa shape index (κ1) is 14.9. The first-order valence-corrected chi connectivity index (χ1v) is 6.66. The van der Waals surface area contributed by atoms with E-state index in [1.807, 2.05) is 13.8 Å². The molecule has 0 aromatic rings. The second-order valence-electron chi connectivity index (χ2n) is 4.33. The molecular formula is C12H27N3O2. The minimum absolute atomic E-state index is 0.0648. The minimum atomic E-state index is -0.0648. The van der Waals surface area contributed by atoms with Crippen molar-refractivity contribution in [3.05, 3.63) is 0 Å². The largest absolute Gasteiger partial charge is 0.353 e. The highest BCUT2D eigenvalue weighted by Crippen LogP contribution is 2.01. The molecule has 1 fully saturated rings. The summed E-state index contributed by atoms with van der Waals surface area (Å²) in [6.45, 7) is 10.8. The van der Waals surface area contributed by atoms with Crippen LogP contribution in [0.25, 0.3) is 0 Å². The van der Waals surface area contributed by atoms with Gasteiger partial charge in [-0.2, -0.15) is 0 Å². The molecular weight excluding hydrogens is 218 g/mol. The first-order valence-electron chi connectivity index (χ1n) is 6.66. The van der Waals surface area contributed by atoms with E-state index in [1.165, 1.54) is 0 Å². The van der Waals surface area contributed by atoms with Gasteiger partial charge in [-0.3, -0.25) is 5.43 Å². The van der Waals surface area contributed by atoms with Crippen LogP contribution in [0.3, 0.4) is 0 Å². The van der Waals surface area contributed by atoms with Gasteiger partial charge in [0.05, 0.1) is 0 Å². The lowest BCUT2D eigenvalue weighted by molar-refractivity contribution is -0.140. The van der Waals surface area contributed by atoms with Crippen LogP contribution in [0.5, 0.6) is 0 Å². The Labute approximate surface area is 105 Å². The van der Waals surface area contributed by atoms with Crippen molar-refractivity contribution in [3.63, 3.8) is 0 Å². The predicted molar refractivity (Wildman–Crippen MR) is 68.7 cm³/mol. The summed E-state index contributed by atoms with van der Waals surface area (Å²) >= 11 is 0. The van der Waals surface area contributed by atoms with Gasteiger partial charge in [-0.15, -0.1) is 0 Å². The lowest BCUT2D eigenvalue weighted by atomic mass is 10.4. The number of ether oxygens (including phenoxy) is 2. The van der Waals surface area contributed by atoms with Crippen LogP contribution in [-0.4, -0.2) is 69.2 Å². The van der Waals surface area contributed by atoms with Crippen molar-refractivity contribution in [1.82, 2.24) is 15.3 Å². The maximum absolute atomic E-state index is 5.50. The average molecular weight is 245 g/mol. The van der Waals surface area contributed by atoms with Crippen LogP contribution in [0.15, 0.2) is 0 Å². The van der Waals surface area contributed by atoms with Gasteiger partial charge in [0, 0.05) is 52.4 Å². The number of hydrazine groups is 1. The van der Waals surface area contributed by atoms with Crippen molar-refractivity contribution < 1.29 is 9.47 Å². The third-order valence-electron chi connectivity index (χ3n) is 2.92. The molecule has 1 aliphatic rings. The summed E-state index contributed by atoms with van der Waals surface area (Å²) in [5.41, 5.74) is 3.44. The molecule has 0 bridgehead atoms. The van der Waals surface area contributed by atoms with Crippen LogP contribution in [0.1, 0.15) is 20.3 Å². The fourth-order valence-corrected chi connectivity index (χ4v) is 1.89. The zero-order chi connectivity index (χ0) is 12.5. The number of hydrogen-bond donors (Lipinski definition) is 1. The molecule has 1 saturated heterocycles. The van der Waals surface area contributed by atoms with E-state index in [4.69, 9.17) is 9.47 Å². The van der Waals surface area contributed by atoms with Gasteiger partial charge in [0.1, 0.15) is 0 Å². The van der Waals surface area contributed by atoms with E-state index in [2.05, 4.69) is 22.4 Å². The summed E-state index contributed by atoms with van der Waals surface area (Å²) < 4.78 is 11.0. The van der Waals surface area contributed by atoms with Crippen molar-refractivity contribution in [1.29, 1.82) is 0 Å². The van der Waals surface area contributed by atoms with E-state index < -0.39 is 0 Å². The van der Waals surface area contributed by atoms with Crippen LogP contribution < -0.4 is 5.43 Å². The number of hydrogen-bond acceptors (Lipinski definition) is 5. The predicted octanol–water partition coefficient (Wildman–Crippen LogP) is 0.528. The van der Waals surface area contributed by atoms with Gasteiger partial charge in [-0.25, -0.2) is 5.01 Å². The molecule has 0 aromatic carbocycles. The van der Waals surface area contributed by atoms with Crippen molar-refractivity contribution in [3.8, 4) is 0 Å². The van der Waals surface area contributed by atoms with Crippen molar-refractivity contribution in [2.75, 3.05) is 53.0 Å². The molecule has 5 nitrogen and oxygen atoms in total. The van der Waals surface area contributed by atoms with Gasteiger partial charge in [-0.1, -0.05) is 0 Å². The van der Waals surface area contributed by atoms with E-state index in [0.29, 0.717) is 13.2 Å². The third kappa shape index (κ3) is 6.33. The lowest BCUT2D eigenvalue weighted by Gasteiger charge is -2.33. The van der Waals surface area contributed by atoms with Gasteiger partial charge < -0.3 is 14.4 Å². The Hall–Kier alpha value is -0.200. The topological polar surface area (TPSA) is 37.0 Å². The van der Waals surface area contributed by atoms with Gasteiger partial charge in [-0.05, 0) is 20.9 Å². The maximum atomic E-state index is 5.50. The maximum Gasteiger partial charge on any atom is 0.158 e. The average Bonchev–Trinajstić information content (AvgIpc) is 2.32. The van der Waals surface area contributed by atoms with E-state index in [0.717, 1.165) is 39.1 Å². The molecule has 0 atom stereocenters. The van der Waals surface area contributed by atoms with Crippen LogP contribution in [0, 0.1) is 0 Å². The van der Waals surface area contributed by atoms with E-state index in [1.54, 1.807) is 0 Å². The smallest absolute Gasteiger partial charge is 0.158 e. The molecule has 17 heavy (non-hydrogen) atoms. The Balaban J connectivity index is 2.08. The van der Waals surface area contributed by atoms with Crippen molar-refractivity contribution in [2.45, 2.75) is 26.6 Å². The quantitative estimate of drug-likeness (QED) is 0.631. The van der Waals surface area contributed by atoms with E-state index in [9.17, 15) is 0 Å². The second kappa shape index (κ2) is 8.83. The SMILES string of the molecule is CCOC(CCNN1CCN(C)CC1)OCC. The Morgan fingerprint density at radius 2 is 1.65 bits per heavy atom. The van der Waals surface area contributed by atoms with Gasteiger partial charge >= 0.3 is 0 Å². The van der Waals surface area contributed by atoms with Gasteiger partial charge in [0.2, 0.25) is 0 Å². The fraction of sp³-hybridized carbons (Fsp3) is 1.00. The highest BCUT2D eigenvalue weighted by Gasteiger charge is 2.14. The molecule has 0 aliphatic carbocycles. The molecule has 5 heteroatoms. The first-order chi connectivity index (χ1) is 8.26. The lowest BCUT2D eigenvalue weighted by Crippen LogP contribution is -2.51. The summed E-state index contributed by atoms with van der Waals surface area (Å²) in [7, 11) is 2.16. The third-order valence-corrected chi connectivity index (χ3v) is 2.92. The summed E-state index contributed by atoms with van der Waals surface area (Å²) in [6, 6.07) is 0. The van der Waals surface area contributed by atoms with E-state index in [-0.39, 0.29) is 6.29 Å². The second-order valence-corrected chi connectivity index (χ2v) is 4.33. The molecule has 1 aliphatic heterocycles. The van der Waals surface area contributed by atoms with Crippen LogP contribution in [-0.2, 0) is 9.47 Å². The molecule has 0 radical (unpaired) electrons. The molecule has 0 amide bonds. The number of nitrogens with zero attached hydrogens (tertiary/aromatic N) is 2. The van der Waals surface area contributed by atoms with Crippen molar-refractivity contribution in [2.24, 2.45) is 0 Å². The zero-order valence-electron chi connectivity index (χ0n) is 11.4. The molecule has 0 spiro atoms. The Bertz CT molecular complexity index is 179. The van der Waals surface area contributed by atoms with Crippen LogP contribution >= 0.6 is 0 Å². The van der Waals surface area contributed by atoms with Crippen LogP contribution in [0.4, 0.5) is 0 Å².